The van der Waals surface area contributed by atoms with Crippen LogP contribution in [0.1, 0.15) is 5.56 Å². The molecule has 0 bridgehead atoms. The Bertz CT molecular complexity index is 877. The van der Waals surface area contributed by atoms with Crippen molar-refractivity contribution < 1.29 is 13.5 Å². The van der Waals surface area contributed by atoms with Crippen molar-refractivity contribution in [1.29, 1.82) is 0 Å². The summed E-state index contributed by atoms with van der Waals surface area (Å²) >= 11 is 0. The number of aromatic nitrogens is 1. The number of aromatic hydroxyl groups is 1. The third-order valence-corrected chi connectivity index (χ3v) is 4.92. The molecule has 0 aliphatic carbocycles. The van der Waals surface area contributed by atoms with Crippen molar-refractivity contribution in [3.05, 3.63) is 60.3 Å². The third-order valence-electron chi connectivity index (χ3n) is 3.22. The van der Waals surface area contributed by atoms with Crippen LogP contribution in [-0.4, -0.2) is 17.5 Å². The van der Waals surface area contributed by atoms with Gasteiger partial charge in [0.05, 0.1) is 10.4 Å². The van der Waals surface area contributed by atoms with Gasteiger partial charge in [0, 0.05) is 11.6 Å². The lowest BCUT2D eigenvalue weighted by molar-refractivity contribution is 0.476. The first-order valence-corrected chi connectivity index (χ1v) is 7.55. The lowest BCUT2D eigenvalue weighted by atomic mass is 10.2. The van der Waals surface area contributed by atoms with Crippen LogP contribution in [0.3, 0.4) is 0 Å². The minimum absolute atomic E-state index is 0.114. The van der Waals surface area contributed by atoms with Crippen LogP contribution in [0.4, 0.5) is 0 Å². The Morgan fingerprint density at radius 2 is 1.70 bits per heavy atom. The molecular weight excluding hydrogens is 274 g/mol. The highest BCUT2D eigenvalue weighted by Crippen LogP contribution is 2.25. The first kappa shape index (κ1) is 12.7. The van der Waals surface area contributed by atoms with Crippen molar-refractivity contribution in [2.75, 3.05) is 0 Å². The average Bonchev–Trinajstić information content (AvgIpc) is 2.82. The van der Waals surface area contributed by atoms with Gasteiger partial charge in [-0.2, -0.15) is 0 Å². The number of aryl methyl sites for hydroxylation is 1. The summed E-state index contributed by atoms with van der Waals surface area (Å²) < 4.78 is 26.4. The summed E-state index contributed by atoms with van der Waals surface area (Å²) in [6.07, 6.45) is 1.50. The number of fused-ring (bicyclic) bond motifs is 1. The molecule has 1 heterocycles. The van der Waals surface area contributed by atoms with E-state index in [-0.39, 0.29) is 10.6 Å². The lowest BCUT2D eigenvalue weighted by Crippen LogP contribution is -2.11. The van der Waals surface area contributed by atoms with Gasteiger partial charge in [-0.3, -0.25) is 0 Å². The minimum Gasteiger partial charge on any atom is -0.508 e. The van der Waals surface area contributed by atoms with Crippen molar-refractivity contribution in [2.24, 2.45) is 0 Å². The normalized spacial score (nSPS) is 11.8. The quantitative estimate of drug-likeness (QED) is 0.788. The Morgan fingerprint density at radius 3 is 2.40 bits per heavy atom. The Kier molecular flexibility index (Phi) is 2.79. The maximum Gasteiger partial charge on any atom is 0.268 e. The van der Waals surface area contributed by atoms with Gasteiger partial charge >= 0.3 is 0 Å². The van der Waals surface area contributed by atoms with Crippen LogP contribution in [0.2, 0.25) is 0 Å². The fourth-order valence-corrected chi connectivity index (χ4v) is 3.49. The van der Waals surface area contributed by atoms with E-state index in [0.717, 1.165) is 5.56 Å². The molecule has 0 aliphatic rings. The van der Waals surface area contributed by atoms with Gasteiger partial charge in [-0.1, -0.05) is 17.7 Å². The second-order valence-corrected chi connectivity index (χ2v) is 6.49. The van der Waals surface area contributed by atoms with Gasteiger partial charge in [0.1, 0.15) is 5.75 Å². The fraction of sp³-hybridized carbons (Fsp3) is 0.0667. The molecule has 0 saturated carbocycles. The van der Waals surface area contributed by atoms with Crippen LogP contribution in [0.25, 0.3) is 10.9 Å². The van der Waals surface area contributed by atoms with Crippen LogP contribution >= 0.6 is 0 Å². The van der Waals surface area contributed by atoms with E-state index < -0.39 is 10.0 Å². The summed E-state index contributed by atoms with van der Waals surface area (Å²) in [6, 6.07) is 13.0. The highest BCUT2D eigenvalue weighted by Gasteiger charge is 2.18. The van der Waals surface area contributed by atoms with Crippen LogP contribution in [0.5, 0.6) is 5.75 Å². The van der Waals surface area contributed by atoms with Crippen molar-refractivity contribution in [2.45, 2.75) is 11.8 Å². The number of rotatable bonds is 2. The molecule has 3 aromatic rings. The van der Waals surface area contributed by atoms with E-state index in [1.807, 2.05) is 6.92 Å². The molecule has 0 atom stereocenters. The van der Waals surface area contributed by atoms with Crippen LogP contribution in [0, 0.1) is 6.92 Å². The van der Waals surface area contributed by atoms with Crippen LogP contribution in [-0.2, 0) is 10.0 Å². The van der Waals surface area contributed by atoms with Gasteiger partial charge in [0.2, 0.25) is 0 Å². The Labute approximate surface area is 117 Å². The fourth-order valence-electron chi connectivity index (χ4n) is 2.14. The van der Waals surface area contributed by atoms with Gasteiger partial charge < -0.3 is 5.11 Å². The zero-order chi connectivity index (χ0) is 14.3. The number of nitrogens with zero attached hydrogens (tertiary/aromatic N) is 1. The van der Waals surface area contributed by atoms with Crippen molar-refractivity contribution in [3.63, 3.8) is 0 Å². The molecule has 1 N–H and O–H groups in total. The summed E-state index contributed by atoms with van der Waals surface area (Å²) in [5, 5.41) is 10.1. The van der Waals surface area contributed by atoms with E-state index in [4.69, 9.17) is 0 Å². The summed E-state index contributed by atoms with van der Waals surface area (Å²) in [4.78, 5) is 0.244. The van der Waals surface area contributed by atoms with Gasteiger partial charge in [-0.15, -0.1) is 0 Å². The second kappa shape index (κ2) is 4.38. The number of phenolic OH excluding ortho intramolecular Hbond substituents is 1. The number of hydrogen-bond acceptors (Lipinski definition) is 3. The molecule has 1 aromatic heterocycles. The maximum absolute atomic E-state index is 12.6. The van der Waals surface area contributed by atoms with E-state index in [9.17, 15) is 13.5 Å². The zero-order valence-corrected chi connectivity index (χ0v) is 11.6. The Morgan fingerprint density at radius 1 is 1.00 bits per heavy atom. The molecule has 0 radical (unpaired) electrons. The maximum atomic E-state index is 12.6. The molecule has 0 aliphatic heterocycles. The second-order valence-electron chi connectivity index (χ2n) is 4.67. The van der Waals surface area contributed by atoms with Gasteiger partial charge in [-0.05, 0) is 43.3 Å². The molecule has 2 aromatic carbocycles. The highest BCUT2D eigenvalue weighted by molar-refractivity contribution is 7.90. The Hall–Kier alpha value is -2.27. The predicted octanol–water partition coefficient (Wildman–Crippen LogP) is 2.89. The molecule has 5 heteroatoms. The molecule has 0 amide bonds. The summed E-state index contributed by atoms with van der Waals surface area (Å²) in [5.74, 6) is 0.114. The number of phenols is 1. The summed E-state index contributed by atoms with van der Waals surface area (Å²) in [5.41, 5.74) is 1.55. The third kappa shape index (κ3) is 1.96. The lowest BCUT2D eigenvalue weighted by Gasteiger charge is -2.08. The van der Waals surface area contributed by atoms with E-state index in [2.05, 4.69) is 0 Å². The molecule has 102 valence electrons. The van der Waals surface area contributed by atoms with Crippen molar-refractivity contribution in [1.82, 2.24) is 3.97 Å². The predicted molar refractivity (Wildman–Crippen MR) is 77.4 cm³/mol. The summed E-state index contributed by atoms with van der Waals surface area (Å²) in [7, 11) is -3.62. The zero-order valence-electron chi connectivity index (χ0n) is 10.8. The monoisotopic (exact) mass is 287 g/mol. The van der Waals surface area contributed by atoms with E-state index in [1.165, 1.54) is 22.3 Å². The van der Waals surface area contributed by atoms with Gasteiger partial charge in [0.15, 0.2) is 0 Å². The molecular formula is C15H13NO3S. The largest absolute Gasteiger partial charge is 0.508 e. The number of benzene rings is 2. The van der Waals surface area contributed by atoms with Crippen LogP contribution in [0.15, 0.2) is 59.6 Å². The molecule has 0 spiro atoms. The smallest absolute Gasteiger partial charge is 0.268 e. The first-order chi connectivity index (χ1) is 9.48. The SMILES string of the molecule is Cc1ccc(S(=O)(=O)n2ccc3cc(O)ccc32)cc1. The minimum atomic E-state index is -3.62. The van der Waals surface area contributed by atoms with E-state index in [1.54, 1.807) is 36.4 Å². The first-order valence-electron chi connectivity index (χ1n) is 6.11. The molecule has 0 unspecified atom stereocenters. The van der Waals surface area contributed by atoms with Gasteiger partial charge in [-0.25, -0.2) is 12.4 Å². The number of hydrogen-bond donors (Lipinski definition) is 1. The molecule has 0 fully saturated rings. The van der Waals surface area contributed by atoms with Gasteiger partial charge in [0.25, 0.3) is 10.0 Å². The van der Waals surface area contributed by atoms with E-state index >= 15 is 0 Å². The summed E-state index contributed by atoms with van der Waals surface area (Å²) in [6.45, 7) is 1.91. The van der Waals surface area contributed by atoms with Crippen molar-refractivity contribution in [3.8, 4) is 5.75 Å². The molecule has 3 rings (SSSR count). The standard InChI is InChI=1S/C15H13NO3S/c1-11-2-5-14(6-3-11)20(18,19)16-9-8-12-10-13(17)4-7-15(12)16/h2-10,17H,1H3. The van der Waals surface area contributed by atoms with Crippen LogP contribution < -0.4 is 0 Å². The molecule has 4 nitrogen and oxygen atoms in total. The Balaban J connectivity index is 2.21. The van der Waals surface area contributed by atoms with Crippen molar-refractivity contribution >= 4 is 20.9 Å². The molecule has 0 saturated heterocycles. The topological polar surface area (TPSA) is 59.3 Å². The average molecular weight is 287 g/mol. The molecule has 20 heavy (non-hydrogen) atoms. The van der Waals surface area contributed by atoms with E-state index in [0.29, 0.717) is 10.9 Å². The highest BCUT2D eigenvalue weighted by atomic mass is 32.2.